The van der Waals surface area contributed by atoms with Gasteiger partial charge in [0.05, 0.1) is 12.0 Å². The highest BCUT2D eigenvalue weighted by atomic mass is 32.2. The van der Waals surface area contributed by atoms with Gasteiger partial charge in [-0.3, -0.25) is 4.57 Å². The van der Waals surface area contributed by atoms with E-state index in [2.05, 4.69) is 5.10 Å². The molecule has 2 aromatic rings. The molecule has 2 heterocycles. The zero-order chi connectivity index (χ0) is 19.8. The predicted octanol–water partition coefficient (Wildman–Crippen LogP) is 1.74. The average molecular weight is 394 g/mol. The monoisotopic (exact) mass is 394 g/mol. The molecule has 1 aliphatic rings. The number of nitrogens with zero attached hydrogens (tertiary/aromatic N) is 4. The van der Waals surface area contributed by atoms with E-state index in [-0.39, 0.29) is 22.5 Å². The van der Waals surface area contributed by atoms with Gasteiger partial charge in [0.1, 0.15) is 11.6 Å². The van der Waals surface area contributed by atoms with Gasteiger partial charge in [0.2, 0.25) is 10.0 Å². The summed E-state index contributed by atoms with van der Waals surface area (Å²) in [6.07, 6.45) is 1.53. The number of hydrogen-bond donors (Lipinski definition) is 0. The second-order valence-corrected chi connectivity index (χ2v) is 9.04. The van der Waals surface area contributed by atoms with E-state index in [1.165, 1.54) is 8.99 Å². The van der Waals surface area contributed by atoms with E-state index in [1.54, 1.807) is 43.0 Å². The minimum atomic E-state index is -3.61. The Labute approximate surface area is 159 Å². The summed E-state index contributed by atoms with van der Waals surface area (Å²) < 4.78 is 35.7. The van der Waals surface area contributed by atoms with Crippen molar-refractivity contribution in [2.75, 3.05) is 20.2 Å². The molecule has 1 saturated heterocycles. The molecule has 0 amide bonds. The van der Waals surface area contributed by atoms with E-state index < -0.39 is 10.0 Å². The minimum Gasteiger partial charge on any atom is -0.497 e. The Morgan fingerprint density at radius 1 is 1.22 bits per heavy atom. The van der Waals surface area contributed by atoms with Crippen LogP contribution in [0.1, 0.15) is 44.5 Å². The number of methoxy groups -OCH3 is 1. The van der Waals surface area contributed by atoms with Crippen LogP contribution in [0.5, 0.6) is 5.75 Å². The predicted molar refractivity (Wildman–Crippen MR) is 102 cm³/mol. The van der Waals surface area contributed by atoms with Crippen LogP contribution in [0.3, 0.4) is 0 Å². The smallest absolute Gasteiger partial charge is 0.345 e. The largest absolute Gasteiger partial charge is 0.497 e. The fourth-order valence-corrected chi connectivity index (χ4v) is 5.05. The minimum absolute atomic E-state index is 0.0326. The lowest BCUT2D eigenvalue weighted by molar-refractivity contribution is 0.301. The Morgan fingerprint density at radius 2 is 1.89 bits per heavy atom. The molecule has 1 aliphatic heterocycles. The Hall–Kier alpha value is -2.13. The van der Waals surface area contributed by atoms with Gasteiger partial charge in [-0.1, -0.05) is 0 Å². The molecular formula is C18H26N4O4S. The van der Waals surface area contributed by atoms with E-state index in [4.69, 9.17) is 4.74 Å². The Balaban J connectivity index is 1.90. The van der Waals surface area contributed by atoms with E-state index in [1.807, 2.05) is 13.8 Å². The summed E-state index contributed by atoms with van der Waals surface area (Å²) in [7, 11) is -0.443. The number of aryl methyl sites for hydroxylation is 1. The summed E-state index contributed by atoms with van der Waals surface area (Å²) in [6, 6.07) is 6.37. The van der Waals surface area contributed by atoms with Crippen LogP contribution in [-0.4, -0.2) is 47.3 Å². The Kier molecular flexibility index (Phi) is 5.43. The molecule has 1 unspecified atom stereocenters. The summed E-state index contributed by atoms with van der Waals surface area (Å²) in [5, 5.41) is 4.40. The molecule has 0 spiro atoms. The first-order valence-corrected chi connectivity index (χ1v) is 10.5. The van der Waals surface area contributed by atoms with Crippen molar-refractivity contribution in [3.05, 3.63) is 40.6 Å². The topological polar surface area (TPSA) is 86.4 Å². The van der Waals surface area contributed by atoms with Crippen LogP contribution in [0.2, 0.25) is 0 Å². The SMILES string of the molecule is COc1ccc(S(=O)(=O)N2CCCC(c3nn(C)c(=O)n3C(C)C)C2)cc1. The highest BCUT2D eigenvalue weighted by Gasteiger charge is 2.34. The molecule has 0 radical (unpaired) electrons. The highest BCUT2D eigenvalue weighted by Crippen LogP contribution is 2.30. The van der Waals surface area contributed by atoms with Crippen LogP contribution in [-0.2, 0) is 17.1 Å². The van der Waals surface area contributed by atoms with E-state index in [9.17, 15) is 13.2 Å². The zero-order valence-corrected chi connectivity index (χ0v) is 16.9. The molecule has 3 rings (SSSR count). The summed E-state index contributed by atoms with van der Waals surface area (Å²) in [4.78, 5) is 12.6. The molecule has 0 N–H and O–H groups in total. The number of sulfonamides is 1. The summed E-state index contributed by atoms with van der Waals surface area (Å²) >= 11 is 0. The van der Waals surface area contributed by atoms with Crippen LogP contribution in [0.4, 0.5) is 0 Å². The maximum absolute atomic E-state index is 13.0. The van der Waals surface area contributed by atoms with Crippen molar-refractivity contribution in [1.82, 2.24) is 18.7 Å². The van der Waals surface area contributed by atoms with E-state index in [0.29, 0.717) is 24.7 Å². The van der Waals surface area contributed by atoms with Crippen molar-refractivity contribution in [2.45, 2.75) is 43.5 Å². The summed E-state index contributed by atoms with van der Waals surface area (Å²) in [6.45, 7) is 4.64. The Morgan fingerprint density at radius 3 is 2.48 bits per heavy atom. The van der Waals surface area contributed by atoms with E-state index >= 15 is 0 Å². The lowest BCUT2D eigenvalue weighted by Gasteiger charge is -2.31. The number of benzene rings is 1. The first-order valence-electron chi connectivity index (χ1n) is 9.05. The molecule has 8 nitrogen and oxygen atoms in total. The number of piperidine rings is 1. The first-order chi connectivity index (χ1) is 12.8. The van der Waals surface area contributed by atoms with Gasteiger partial charge >= 0.3 is 5.69 Å². The van der Waals surface area contributed by atoms with Crippen LogP contribution in [0.15, 0.2) is 34.0 Å². The highest BCUT2D eigenvalue weighted by molar-refractivity contribution is 7.89. The van der Waals surface area contributed by atoms with Crippen molar-refractivity contribution >= 4 is 10.0 Å². The third-order valence-corrected chi connectivity index (χ3v) is 6.82. The molecular weight excluding hydrogens is 368 g/mol. The van der Waals surface area contributed by atoms with Gasteiger partial charge in [-0.15, -0.1) is 0 Å². The van der Waals surface area contributed by atoms with Crippen LogP contribution in [0, 0.1) is 0 Å². The summed E-state index contributed by atoms with van der Waals surface area (Å²) in [5.74, 6) is 1.16. The van der Waals surface area contributed by atoms with Crippen molar-refractivity contribution in [3.63, 3.8) is 0 Å². The fourth-order valence-electron chi connectivity index (χ4n) is 3.53. The number of rotatable bonds is 5. The lowest BCUT2D eigenvalue weighted by atomic mass is 9.98. The number of aromatic nitrogens is 3. The van der Waals surface area contributed by atoms with Gasteiger partial charge < -0.3 is 4.74 Å². The van der Waals surface area contributed by atoms with Crippen LogP contribution >= 0.6 is 0 Å². The van der Waals surface area contributed by atoms with Gasteiger partial charge in [0, 0.05) is 32.1 Å². The molecule has 1 atom stereocenters. The molecule has 0 aliphatic carbocycles. The second kappa shape index (κ2) is 7.47. The average Bonchev–Trinajstić information content (AvgIpc) is 2.97. The van der Waals surface area contributed by atoms with Crippen molar-refractivity contribution in [3.8, 4) is 5.75 Å². The maximum atomic E-state index is 13.0. The molecule has 1 fully saturated rings. The molecule has 1 aromatic carbocycles. The molecule has 9 heteroatoms. The van der Waals surface area contributed by atoms with Gasteiger partial charge in [0.25, 0.3) is 0 Å². The second-order valence-electron chi connectivity index (χ2n) is 7.11. The standard InChI is InChI=1S/C18H26N4O4S/c1-13(2)22-17(19-20(3)18(22)23)14-6-5-11-21(12-14)27(24,25)16-9-7-15(26-4)8-10-16/h7-10,13-14H,5-6,11-12H2,1-4H3. The van der Waals surface area contributed by atoms with Crippen molar-refractivity contribution < 1.29 is 13.2 Å². The Bertz CT molecular complexity index is 960. The van der Waals surface area contributed by atoms with Crippen molar-refractivity contribution in [1.29, 1.82) is 0 Å². The zero-order valence-electron chi connectivity index (χ0n) is 16.1. The number of ether oxygens (including phenoxy) is 1. The maximum Gasteiger partial charge on any atom is 0.345 e. The normalized spacial score (nSPS) is 18.8. The molecule has 0 bridgehead atoms. The van der Waals surface area contributed by atoms with Crippen LogP contribution in [0.25, 0.3) is 0 Å². The molecule has 1 aromatic heterocycles. The van der Waals surface area contributed by atoms with Gasteiger partial charge in [-0.2, -0.15) is 9.40 Å². The van der Waals surface area contributed by atoms with Gasteiger partial charge in [0.15, 0.2) is 0 Å². The lowest BCUT2D eigenvalue weighted by Crippen LogP contribution is -2.40. The fraction of sp³-hybridized carbons (Fsp3) is 0.556. The van der Waals surface area contributed by atoms with Gasteiger partial charge in [-0.05, 0) is 51.0 Å². The van der Waals surface area contributed by atoms with E-state index in [0.717, 1.165) is 12.8 Å². The first kappa shape index (κ1) is 19.6. The van der Waals surface area contributed by atoms with Crippen LogP contribution < -0.4 is 10.4 Å². The summed E-state index contributed by atoms with van der Waals surface area (Å²) in [5.41, 5.74) is -0.171. The third-order valence-electron chi connectivity index (χ3n) is 4.95. The molecule has 148 valence electrons. The van der Waals surface area contributed by atoms with Gasteiger partial charge in [-0.25, -0.2) is 17.9 Å². The third kappa shape index (κ3) is 3.66. The quantitative estimate of drug-likeness (QED) is 0.771. The molecule has 0 saturated carbocycles. The number of hydrogen-bond acceptors (Lipinski definition) is 5. The molecule has 27 heavy (non-hydrogen) atoms. The van der Waals surface area contributed by atoms with Crippen molar-refractivity contribution in [2.24, 2.45) is 7.05 Å².